The minimum absolute atomic E-state index is 0.0571. The number of pyridine rings is 1. The lowest BCUT2D eigenvalue weighted by atomic mass is 9.97. The van der Waals surface area contributed by atoms with Crippen molar-refractivity contribution in [1.82, 2.24) is 4.98 Å². The second kappa shape index (κ2) is 6.27. The molecule has 0 bridgehead atoms. The van der Waals surface area contributed by atoms with E-state index in [9.17, 15) is 0 Å². The highest BCUT2D eigenvalue weighted by molar-refractivity contribution is 6.88. The quantitative estimate of drug-likeness (QED) is 0.294. The van der Waals surface area contributed by atoms with E-state index in [-0.39, 0.29) is 5.82 Å². The summed E-state index contributed by atoms with van der Waals surface area (Å²) in [7, 11) is -1.73. The molecule has 0 saturated heterocycles. The third-order valence-corrected chi connectivity index (χ3v) is 7.18. The Labute approximate surface area is 160 Å². The van der Waals surface area contributed by atoms with Crippen molar-refractivity contribution in [2.45, 2.75) is 33.5 Å². The van der Waals surface area contributed by atoms with Gasteiger partial charge in [-0.15, -0.1) is 0 Å². The van der Waals surface area contributed by atoms with Crippen LogP contribution in [0.15, 0.2) is 54.7 Å². The Kier molecular flexibility index (Phi) is 4.15. The predicted molar refractivity (Wildman–Crippen MR) is 117 cm³/mol. The van der Waals surface area contributed by atoms with Crippen LogP contribution in [0.1, 0.15) is 11.1 Å². The first kappa shape index (κ1) is 17.9. The number of aryl methyl sites for hydroxylation is 2. The molecule has 0 N–H and O–H groups in total. The van der Waals surface area contributed by atoms with Gasteiger partial charge in [0, 0.05) is 22.5 Å². The number of aromatic nitrogens is 1. The molecule has 0 fully saturated rings. The van der Waals surface area contributed by atoms with Crippen LogP contribution in [0.2, 0.25) is 19.6 Å². The average molecular weight is 374 g/mol. The largest absolute Gasteiger partial charge is 0.256 e. The van der Waals surface area contributed by atoms with Gasteiger partial charge < -0.3 is 0 Å². The van der Waals surface area contributed by atoms with Crippen LogP contribution >= 0.6 is 0 Å². The number of nitrogens with zero attached hydrogens (tertiary/aromatic N) is 1. The fraction of sp³-hybridized carbons (Fsp3) is 0.208. The number of hydrogen-bond acceptors (Lipinski definition) is 1. The summed E-state index contributed by atoms with van der Waals surface area (Å²) in [5, 5.41) is 4.67. The van der Waals surface area contributed by atoms with Gasteiger partial charge in [-0.3, -0.25) is 4.98 Å². The standard InChI is InChI=1S/C24H24FNSi/c1-15-12-16(2)14-17(13-15)24-21-7-6-20-18(19(21)10-11-26-24)8-9-22(23(20)25)27(3,4)5/h6-14H,1-5H3. The lowest BCUT2D eigenvalue weighted by Gasteiger charge is -2.19. The maximum absolute atomic E-state index is 15.2. The zero-order chi connectivity index (χ0) is 19.3. The van der Waals surface area contributed by atoms with Gasteiger partial charge in [0.05, 0.1) is 13.8 Å². The van der Waals surface area contributed by atoms with Crippen LogP contribution in [0.5, 0.6) is 0 Å². The van der Waals surface area contributed by atoms with E-state index in [1.54, 1.807) is 0 Å². The highest BCUT2D eigenvalue weighted by Crippen LogP contribution is 2.33. The van der Waals surface area contributed by atoms with Gasteiger partial charge in [-0.25, -0.2) is 4.39 Å². The summed E-state index contributed by atoms with van der Waals surface area (Å²) in [5.74, 6) is -0.0571. The van der Waals surface area contributed by atoms with Gasteiger partial charge in [0.2, 0.25) is 0 Å². The van der Waals surface area contributed by atoms with Crippen molar-refractivity contribution < 1.29 is 4.39 Å². The molecule has 27 heavy (non-hydrogen) atoms. The number of hydrogen-bond donors (Lipinski definition) is 0. The Morgan fingerprint density at radius 1 is 0.741 bits per heavy atom. The van der Waals surface area contributed by atoms with Crippen LogP contribution in [0.4, 0.5) is 4.39 Å². The summed E-state index contributed by atoms with van der Waals surface area (Å²) in [6.45, 7) is 10.7. The van der Waals surface area contributed by atoms with Crippen molar-refractivity contribution in [2.75, 3.05) is 0 Å². The number of benzene rings is 3. The summed E-state index contributed by atoms with van der Waals surface area (Å²) in [5.41, 5.74) is 4.50. The molecule has 136 valence electrons. The second-order valence-corrected chi connectivity index (χ2v) is 13.5. The van der Waals surface area contributed by atoms with E-state index in [0.29, 0.717) is 5.39 Å². The van der Waals surface area contributed by atoms with Gasteiger partial charge in [-0.05, 0) is 48.0 Å². The Balaban J connectivity index is 2.03. The van der Waals surface area contributed by atoms with Gasteiger partial charge in [0.1, 0.15) is 5.82 Å². The van der Waals surface area contributed by atoms with Crippen LogP contribution in [0.3, 0.4) is 0 Å². The van der Waals surface area contributed by atoms with E-state index in [4.69, 9.17) is 0 Å². The van der Waals surface area contributed by atoms with Crippen LogP contribution in [0.25, 0.3) is 32.8 Å². The van der Waals surface area contributed by atoms with Crippen LogP contribution in [0, 0.1) is 19.7 Å². The summed E-state index contributed by atoms with van der Waals surface area (Å²) in [6, 6.07) is 16.5. The van der Waals surface area contributed by atoms with E-state index in [1.165, 1.54) is 11.1 Å². The molecule has 4 aromatic rings. The minimum Gasteiger partial charge on any atom is -0.256 e. The molecular formula is C24H24FNSi. The third kappa shape index (κ3) is 3.06. The van der Waals surface area contributed by atoms with E-state index in [1.807, 2.05) is 30.5 Å². The van der Waals surface area contributed by atoms with Gasteiger partial charge in [-0.2, -0.15) is 0 Å². The van der Waals surface area contributed by atoms with Gasteiger partial charge in [-0.1, -0.05) is 61.1 Å². The summed E-state index contributed by atoms with van der Waals surface area (Å²) in [4.78, 5) is 4.66. The Morgan fingerprint density at radius 3 is 2.00 bits per heavy atom. The first-order valence-electron chi connectivity index (χ1n) is 9.35. The molecule has 4 rings (SSSR count). The minimum atomic E-state index is -1.73. The molecule has 0 aliphatic rings. The molecular weight excluding hydrogens is 349 g/mol. The highest BCUT2D eigenvalue weighted by atomic mass is 28.3. The molecule has 0 amide bonds. The van der Waals surface area contributed by atoms with Gasteiger partial charge in [0.15, 0.2) is 0 Å². The fourth-order valence-corrected chi connectivity index (χ4v) is 5.33. The van der Waals surface area contributed by atoms with Crippen molar-refractivity contribution in [1.29, 1.82) is 0 Å². The zero-order valence-electron chi connectivity index (χ0n) is 16.5. The molecule has 0 saturated carbocycles. The molecule has 1 heterocycles. The molecule has 1 aromatic heterocycles. The van der Waals surface area contributed by atoms with Crippen molar-refractivity contribution in [3.05, 3.63) is 71.7 Å². The van der Waals surface area contributed by atoms with E-state index in [2.05, 4.69) is 62.7 Å². The maximum atomic E-state index is 15.2. The Morgan fingerprint density at radius 2 is 1.33 bits per heavy atom. The number of fused-ring (bicyclic) bond motifs is 3. The first-order valence-corrected chi connectivity index (χ1v) is 12.8. The predicted octanol–water partition coefficient (Wildman–Crippen LogP) is 6.36. The maximum Gasteiger partial charge on any atom is 0.130 e. The molecule has 0 radical (unpaired) electrons. The number of rotatable bonds is 2. The van der Waals surface area contributed by atoms with E-state index in [0.717, 1.165) is 32.6 Å². The molecule has 0 aliphatic carbocycles. The molecule has 0 aliphatic heterocycles. The molecule has 0 unspecified atom stereocenters. The van der Waals surface area contributed by atoms with Crippen molar-refractivity contribution >= 4 is 34.8 Å². The Hall–Kier alpha value is -2.52. The van der Waals surface area contributed by atoms with Crippen LogP contribution in [-0.4, -0.2) is 13.1 Å². The summed E-state index contributed by atoms with van der Waals surface area (Å²) < 4.78 is 15.2. The van der Waals surface area contributed by atoms with Crippen molar-refractivity contribution in [2.24, 2.45) is 0 Å². The van der Waals surface area contributed by atoms with Crippen LogP contribution in [-0.2, 0) is 0 Å². The summed E-state index contributed by atoms with van der Waals surface area (Å²) >= 11 is 0. The summed E-state index contributed by atoms with van der Waals surface area (Å²) in [6.07, 6.45) is 1.83. The van der Waals surface area contributed by atoms with Crippen molar-refractivity contribution in [3.63, 3.8) is 0 Å². The smallest absolute Gasteiger partial charge is 0.130 e. The topological polar surface area (TPSA) is 12.9 Å². The highest BCUT2D eigenvalue weighted by Gasteiger charge is 2.22. The first-order chi connectivity index (χ1) is 12.8. The molecule has 3 aromatic carbocycles. The van der Waals surface area contributed by atoms with Crippen molar-refractivity contribution in [3.8, 4) is 11.3 Å². The van der Waals surface area contributed by atoms with E-state index >= 15 is 4.39 Å². The molecule has 1 nitrogen and oxygen atoms in total. The second-order valence-electron chi connectivity index (χ2n) is 8.47. The number of halogens is 1. The fourth-order valence-electron chi connectivity index (χ4n) is 3.95. The normalized spacial score (nSPS) is 12.1. The zero-order valence-corrected chi connectivity index (χ0v) is 17.5. The molecule has 3 heteroatoms. The van der Waals surface area contributed by atoms with E-state index < -0.39 is 8.07 Å². The lowest BCUT2D eigenvalue weighted by Crippen LogP contribution is -2.39. The Bertz CT molecular complexity index is 1170. The van der Waals surface area contributed by atoms with Gasteiger partial charge in [0.25, 0.3) is 0 Å². The lowest BCUT2D eigenvalue weighted by molar-refractivity contribution is 0.647. The molecule has 0 atom stereocenters. The SMILES string of the molecule is Cc1cc(C)cc(-c2nccc3c2ccc2c(F)c([Si](C)(C)C)ccc23)c1. The average Bonchev–Trinajstić information content (AvgIpc) is 2.59. The van der Waals surface area contributed by atoms with Crippen LogP contribution < -0.4 is 5.19 Å². The monoisotopic (exact) mass is 373 g/mol. The molecule has 0 spiro atoms. The van der Waals surface area contributed by atoms with Gasteiger partial charge >= 0.3 is 0 Å². The third-order valence-electron chi connectivity index (χ3n) is 5.18.